The number of benzene rings is 1. The molecule has 0 saturated heterocycles. The summed E-state index contributed by atoms with van der Waals surface area (Å²) in [5.74, 6) is 1.46. The van der Waals surface area contributed by atoms with Crippen LogP contribution in [-0.2, 0) is 10.8 Å². The number of aryl methyl sites for hydroxylation is 2. The van der Waals surface area contributed by atoms with Crippen LogP contribution in [-0.4, -0.2) is 12.1 Å². The van der Waals surface area contributed by atoms with Gasteiger partial charge in [0.15, 0.2) is 0 Å². The molecule has 154 valence electrons. The molecule has 2 heterocycles. The van der Waals surface area contributed by atoms with Crippen molar-refractivity contribution in [3.8, 4) is 17.1 Å². The van der Waals surface area contributed by atoms with Gasteiger partial charge < -0.3 is 9.15 Å². The molecule has 0 aliphatic carbocycles. The number of methoxy groups -OCH3 is 1. The van der Waals surface area contributed by atoms with Crippen molar-refractivity contribution in [2.45, 2.75) is 66.2 Å². The molecule has 1 aromatic carbocycles. The number of hydrogen-bond acceptors (Lipinski definition) is 4. The molecule has 0 aliphatic rings. The first-order valence-corrected chi connectivity index (χ1v) is 9.98. The lowest BCUT2D eigenvalue weighted by molar-refractivity contribution is 0.381. The predicted octanol–water partition coefficient (Wildman–Crippen LogP) is 6.08. The van der Waals surface area contributed by atoms with Gasteiger partial charge in [-0.05, 0) is 54.3 Å². The van der Waals surface area contributed by atoms with Crippen molar-refractivity contribution in [1.29, 1.82) is 0 Å². The van der Waals surface area contributed by atoms with E-state index in [0.717, 1.165) is 33.5 Å². The summed E-state index contributed by atoms with van der Waals surface area (Å²) in [5, 5.41) is 1.40. The molecular weight excluding hydrogens is 362 g/mol. The minimum Gasteiger partial charge on any atom is -0.496 e. The van der Waals surface area contributed by atoms with Crippen molar-refractivity contribution in [3.05, 3.63) is 57.2 Å². The zero-order chi connectivity index (χ0) is 21.7. The number of fused-ring (bicyclic) bond motifs is 1. The Bertz CT molecular complexity index is 1110. The third kappa shape index (κ3) is 3.93. The fourth-order valence-corrected chi connectivity index (χ4v) is 3.81. The lowest BCUT2D eigenvalue weighted by Crippen LogP contribution is -2.19. The van der Waals surface area contributed by atoms with E-state index in [0.29, 0.717) is 16.8 Å². The Morgan fingerprint density at radius 1 is 0.897 bits per heavy atom. The Labute approximate surface area is 172 Å². The van der Waals surface area contributed by atoms with Crippen molar-refractivity contribution in [2.75, 3.05) is 7.11 Å². The Kier molecular flexibility index (Phi) is 5.10. The van der Waals surface area contributed by atoms with Crippen LogP contribution in [0.25, 0.3) is 22.1 Å². The monoisotopic (exact) mass is 393 g/mol. The van der Waals surface area contributed by atoms with Gasteiger partial charge in [0.25, 0.3) is 0 Å². The smallest absolute Gasteiger partial charge is 0.346 e. The summed E-state index contributed by atoms with van der Waals surface area (Å²) in [6, 6.07) is 8.04. The second kappa shape index (κ2) is 7.01. The van der Waals surface area contributed by atoms with Crippen molar-refractivity contribution >= 4 is 10.8 Å². The highest BCUT2D eigenvalue weighted by Gasteiger charge is 2.28. The molecule has 0 aliphatic heterocycles. The first-order valence-electron chi connectivity index (χ1n) is 9.98. The second-order valence-corrected chi connectivity index (χ2v) is 9.82. The van der Waals surface area contributed by atoms with Gasteiger partial charge in [0.1, 0.15) is 11.5 Å². The highest BCUT2D eigenvalue weighted by atomic mass is 16.5. The van der Waals surface area contributed by atoms with E-state index in [-0.39, 0.29) is 16.5 Å². The molecule has 0 saturated carbocycles. The Morgan fingerprint density at radius 3 is 1.93 bits per heavy atom. The number of aromatic nitrogens is 1. The number of rotatable bonds is 2. The van der Waals surface area contributed by atoms with E-state index in [1.54, 1.807) is 7.11 Å². The lowest BCUT2D eigenvalue weighted by Gasteiger charge is -2.29. The summed E-state index contributed by atoms with van der Waals surface area (Å²) in [4.78, 5) is 17.2. The average molecular weight is 394 g/mol. The van der Waals surface area contributed by atoms with Gasteiger partial charge in [0, 0.05) is 22.4 Å². The van der Waals surface area contributed by atoms with Gasteiger partial charge >= 0.3 is 5.63 Å². The van der Waals surface area contributed by atoms with Gasteiger partial charge in [-0.25, -0.2) is 4.79 Å². The van der Waals surface area contributed by atoms with E-state index >= 15 is 0 Å². The molecule has 0 radical (unpaired) electrons. The van der Waals surface area contributed by atoms with Gasteiger partial charge in [0.2, 0.25) is 0 Å². The Hall–Kier alpha value is -2.62. The molecule has 0 bridgehead atoms. The van der Waals surface area contributed by atoms with Crippen LogP contribution in [0.4, 0.5) is 0 Å². The van der Waals surface area contributed by atoms with E-state index in [1.807, 2.05) is 26.0 Å². The molecule has 4 nitrogen and oxygen atoms in total. The summed E-state index contributed by atoms with van der Waals surface area (Å²) < 4.78 is 11.6. The van der Waals surface area contributed by atoms with Gasteiger partial charge in [-0.15, -0.1) is 0 Å². The molecule has 2 aromatic heterocycles. The van der Waals surface area contributed by atoms with Gasteiger partial charge in [-0.2, -0.15) is 0 Å². The fourth-order valence-electron chi connectivity index (χ4n) is 3.81. The third-order valence-electron chi connectivity index (χ3n) is 5.25. The Morgan fingerprint density at radius 2 is 1.45 bits per heavy atom. The summed E-state index contributed by atoms with van der Waals surface area (Å²) in [6.07, 6.45) is 0. The van der Waals surface area contributed by atoms with Crippen LogP contribution in [0.3, 0.4) is 0 Å². The van der Waals surface area contributed by atoms with Crippen molar-refractivity contribution in [1.82, 2.24) is 4.98 Å². The highest BCUT2D eigenvalue weighted by Crippen LogP contribution is 2.42. The molecule has 0 N–H and O–H groups in total. The zero-order valence-electron chi connectivity index (χ0n) is 19.0. The third-order valence-corrected chi connectivity index (χ3v) is 5.25. The SMILES string of the molecule is COc1c(C(C)(C)C)cc(-c2cc3cc(C)nc(C)c3c(=O)o2)cc1C(C)(C)C. The van der Waals surface area contributed by atoms with Crippen LogP contribution < -0.4 is 10.4 Å². The number of ether oxygens (including phenoxy) is 1. The number of hydrogen-bond donors (Lipinski definition) is 0. The molecule has 0 fully saturated rings. The molecule has 3 rings (SSSR count). The normalized spacial score (nSPS) is 12.4. The van der Waals surface area contributed by atoms with Crippen LogP contribution >= 0.6 is 0 Å². The maximum atomic E-state index is 12.8. The average Bonchev–Trinajstić information content (AvgIpc) is 2.57. The van der Waals surface area contributed by atoms with Crippen LogP contribution in [0, 0.1) is 13.8 Å². The van der Waals surface area contributed by atoms with E-state index in [1.165, 1.54) is 0 Å². The molecule has 0 amide bonds. The topological polar surface area (TPSA) is 52.3 Å². The van der Waals surface area contributed by atoms with E-state index < -0.39 is 0 Å². The maximum absolute atomic E-state index is 12.8. The van der Waals surface area contributed by atoms with Crippen LogP contribution in [0.2, 0.25) is 0 Å². The summed E-state index contributed by atoms with van der Waals surface area (Å²) in [5.41, 5.74) is 4.03. The van der Waals surface area contributed by atoms with Crippen LogP contribution in [0.15, 0.2) is 33.5 Å². The first-order chi connectivity index (χ1) is 13.3. The number of pyridine rings is 1. The van der Waals surface area contributed by atoms with Crippen molar-refractivity contribution < 1.29 is 9.15 Å². The van der Waals surface area contributed by atoms with Crippen molar-refractivity contribution in [2.24, 2.45) is 0 Å². The minimum absolute atomic E-state index is 0.129. The molecule has 3 aromatic rings. The summed E-state index contributed by atoms with van der Waals surface area (Å²) in [6.45, 7) is 16.8. The maximum Gasteiger partial charge on any atom is 0.346 e. The largest absolute Gasteiger partial charge is 0.496 e. The van der Waals surface area contributed by atoms with Crippen molar-refractivity contribution in [3.63, 3.8) is 0 Å². The van der Waals surface area contributed by atoms with E-state index in [9.17, 15) is 4.79 Å². The van der Waals surface area contributed by atoms with Gasteiger partial charge in [-0.1, -0.05) is 41.5 Å². The lowest BCUT2D eigenvalue weighted by atomic mass is 9.78. The standard InChI is InChI=1S/C25H31NO3/c1-14-10-17-13-20(29-23(27)21(17)15(2)26-14)16-11-18(24(3,4)5)22(28-9)19(12-16)25(6,7)8/h10-13H,1-9H3. The van der Waals surface area contributed by atoms with Crippen LogP contribution in [0.1, 0.15) is 64.1 Å². The zero-order valence-corrected chi connectivity index (χ0v) is 19.0. The Balaban J connectivity index is 2.38. The molecule has 0 atom stereocenters. The molecule has 4 heteroatoms. The summed E-state index contributed by atoms with van der Waals surface area (Å²) >= 11 is 0. The highest BCUT2D eigenvalue weighted by molar-refractivity contribution is 5.86. The quantitative estimate of drug-likeness (QED) is 0.530. The molecule has 0 spiro atoms. The number of nitrogens with zero attached hydrogens (tertiary/aromatic N) is 1. The molecule has 29 heavy (non-hydrogen) atoms. The molecular formula is C25H31NO3. The van der Waals surface area contributed by atoms with Crippen LogP contribution in [0.5, 0.6) is 5.75 Å². The fraction of sp³-hybridized carbons (Fsp3) is 0.440. The predicted molar refractivity (Wildman–Crippen MR) is 119 cm³/mol. The van der Waals surface area contributed by atoms with Gasteiger partial charge in [0.05, 0.1) is 18.2 Å². The van der Waals surface area contributed by atoms with E-state index in [2.05, 4.69) is 58.7 Å². The van der Waals surface area contributed by atoms with Gasteiger partial charge in [-0.3, -0.25) is 4.98 Å². The molecule has 0 unspecified atom stereocenters. The van der Waals surface area contributed by atoms with E-state index in [4.69, 9.17) is 9.15 Å². The summed E-state index contributed by atoms with van der Waals surface area (Å²) in [7, 11) is 1.72. The minimum atomic E-state index is -0.354. The first kappa shape index (κ1) is 21.1. The second-order valence-electron chi connectivity index (χ2n) is 9.82.